The fourth-order valence-corrected chi connectivity index (χ4v) is 2.88. The van der Waals surface area contributed by atoms with Crippen LogP contribution < -0.4 is 10.2 Å². The number of amides is 1. The normalized spacial score (nSPS) is 10.9. The summed E-state index contributed by atoms with van der Waals surface area (Å²) < 4.78 is 5.84. The van der Waals surface area contributed by atoms with Crippen molar-refractivity contribution in [2.45, 2.75) is 6.92 Å². The lowest BCUT2D eigenvalue weighted by Gasteiger charge is -2.10. The molecule has 132 valence electrons. The van der Waals surface area contributed by atoms with E-state index in [9.17, 15) is 9.90 Å². The fraction of sp³-hybridized carbons (Fsp3) is 0.125. The molecule has 0 bridgehead atoms. The highest BCUT2D eigenvalue weighted by atomic mass is 79.9. The van der Waals surface area contributed by atoms with Crippen LogP contribution in [0.1, 0.15) is 22.8 Å². The second-order valence-electron chi connectivity index (χ2n) is 4.69. The van der Waals surface area contributed by atoms with Gasteiger partial charge in [-0.25, -0.2) is 5.43 Å². The van der Waals surface area contributed by atoms with Gasteiger partial charge in [-0.05, 0) is 41.1 Å². The summed E-state index contributed by atoms with van der Waals surface area (Å²) in [6.07, 6.45) is 1.18. The molecule has 25 heavy (non-hydrogen) atoms. The number of carbonyl (C=O) groups is 1. The molecule has 2 rings (SSSR count). The number of phenolic OH excluding ortho intramolecular Hbond substituents is 1. The first-order valence-electron chi connectivity index (χ1n) is 6.97. The van der Waals surface area contributed by atoms with E-state index < -0.39 is 5.91 Å². The molecule has 0 fully saturated rings. The number of carbonyl (C=O) groups excluding carboxylic acids is 1. The van der Waals surface area contributed by atoms with Crippen LogP contribution in [0.15, 0.2) is 33.8 Å². The number of hydrogen-bond donors (Lipinski definition) is 2. The van der Waals surface area contributed by atoms with Gasteiger partial charge >= 0.3 is 0 Å². The number of hydrazone groups is 1. The molecule has 0 unspecified atom stereocenters. The lowest BCUT2D eigenvalue weighted by Crippen LogP contribution is -2.18. The molecule has 2 aromatic rings. The van der Waals surface area contributed by atoms with Gasteiger partial charge in [-0.15, -0.1) is 0 Å². The monoisotopic (exact) mass is 464 g/mol. The van der Waals surface area contributed by atoms with Crippen LogP contribution in [0.2, 0.25) is 15.1 Å². The highest BCUT2D eigenvalue weighted by Crippen LogP contribution is 2.39. The lowest BCUT2D eigenvalue weighted by atomic mass is 10.2. The number of aromatic hydroxyl groups is 1. The van der Waals surface area contributed by atoms with E-state index in [-0.39, 0.29) is 27.1 Å². The first-order chi connectivity index (χ1) is 11.8. The number of nitrogens with zero attached hydrogens (tertiary/aromatic N) is 1. The van der Waals surface area contributed by atoms with Crippen LogP contribution in [0.4, 0.5) is 0 Å². The SMILES string of the molecule is CCOc1cc(Cl)c(Cl)c(C=NNC(=O)c2cc(Cl)ccc2Br)c1O. The van der Waals surface area contributed by atoms with Crippen LogP contribution in [0.3, 0.4) is 0 Å². The summed E-state index contributed by atoms with van der Waals surface area (Å²) in [5.74, 6) is -0.547. The van der Waals surface area contributed by atoms with E-state index in [4.69, 9.17) is 39.5 Å². The Morgan fingerprint density at radius 1 is 1.36 bits per heavy atom. The van der Waals surface area contributed by atoms with E-state index in [0.29, 0.717) is 21.7 Å². The molecular formula is C16H12BrCl3N2O3. The first-order valence-corrected chi connectivity index (χ1v) is 8.90. The van der Waals surface area contributed by atoms with Gasteiger partial charge in [-0.3, -0.25) is 4.79 Å². The average molecular weight is 467 g/mol. The molecule has 5 nitrogen and oxygen atoms in total. The predicted octanol–water partition coefficient (Wildman–Crippen LogP) is 5.28. The molecule has 0 aromatic heterocycles. The molecule has 0 aliphatic carbocycles. The van der Waals surface area contributed by atoms with Gasteiger partial charge in [0.1, 0.15) is 0 Å². The average Bonchev–Trinajstić information content (AvgIpc) is 2.58. The molecule has 0 aliphatic heterocycles. The van der Waals surface area contributed by atoms with Crippen molar-refractivity contribution in [1.29, 1.82) is 0 Å². The predicted molar refractivity (Wildman–Crippen MR) is 104 cm³/mol. The third-order valence-electron chi connectivity index (χ3n) is 3.03. The molecule has 0 saturated heterocycles. The number of phenols is 1. The number of hydrogen-bond acceptors (Lipinski definition) is 4. The Balaban J connectivity index is 2.25. The van der Waals surface area contributed by atoms with Gasteiger partial charge in [0.2, 0.25) is 0 Å². The number of ether oxygens (including phenoxy) is 1. The van der Waals surface area contributed by atoms with Gasteiger partial charge in [0.15, 0.2) is 11.5 Å². The Bertz CT molecular complexity index is 844. The third kappa shape index (κ3) is 4.79. The molecule has 0 aliphatic rings. The zero-order chi connectivity index (χ0) is 18.6. The van der Waals surface area contributed by atoms with E-state index in [1.54, 1.807) is 19.1 Å². The van der Waals surface area contributed by atoms with Crippen molar-refractivity contribution in [1.82, 2.24) is 5.43 Å². The molecule has 0 radical (unpaired) electrons. The Labute approximate surface area is 167 Å². The van der Waals surface area contributed by atoms with Crippen LogP contribution in [0.25, 0.3) is 0 Å². The largest absolute Gasteiger partial charge is 0.504 e. The molecule has 2 aromatic carbocycles. The fourth-order valence-electron chi connectivity index (χ4n) is 1.88. The summed E-state index contributed by atoms with van der Waals surface area (Å²) in [4.78, 5) is 12.2. The van der Waals surface area contributed by atoms with Crippen molar-refractivity contribution < 1.29 is 14.6 Å². The maximum absolute atomic E-state index is 12.2. The van der Waals surface area contributed by atoms with E-state index in [1.165, 1.54) is 18.3 Å². The zero-order valence-electron chi connectivity index (χ0n) is 12.8. The molecule has 0 spiro atoms. The number of benzene rings is 2. The molecule has 0 saturated carbocycles. The summed E-state index contributed by atoms with van der Waals surface area (Å²) in [6, 6.07) is 6.19. The topological polar surface area (TPSA) is 70.9 Å². The van der Waals surface area contributed by atoms with E-state index in [1.807, 2.05) is 0 Å². The quantitative estimate of drug-likeness (QED) is 0.465. The van der Waals surface area contributed by atoms with Crippen molar-refractivity contribution in [3.05, 3.63) is 54.9 Å². The van der Waals surface area contributed by atoms with Crippen molar-refractivity contribution in [3.8, 4) is 11.5 Å². The van der Waals surface area contributed by atoms with Gasteiger partial charge in [-0.1, -0.05) is 34.8 Å². The van der Waals surface area contributed by atoms with Gasteiger partial charge in [0, 0.05) is 15.6 Å². The highest BCUT2D eigenvalue weighted by Gasteiger charge is 2.16. The lowest BCUT2D eigenvalue weighted by molar-refractivity contribution is 0.0954. The van der Waals surface area contributed by atoms with E-state index in [0.717, 1.165) is 0 Å². The Kier molecular flexibility index (Phi) is 6.95. The molecule has 1 amide bonds. The second kappa shape index (κ2) is 8.76. The smallest absolute Gasteiger partial charge is 0.272 e. The minimum atomic E-state index is -0.492. The number of halogens is 4. The second-order valence-corrected chi connectivity index (χ2v) is 6.77. The summed E-state index contributed by atoms with van der Waals surface area (Å²) in [5.41, 5.74) is 2.76. The Morgan fingerprint density at radius 2 is 2.08 bits per heavy atom. The summed E-state index contributed by atoms with van der Waals surface area (Å²) in [6.45, 7) is 2.10. The molecule has 0 heterocycles. The van der Waals surface area contributed by atoms with Crippen molar-refractivity contribution in [3.63, 3.8) is 0 Å². The highest BCUT2D eigenvalue weighted by molar-refractivity contribution is 9.10. The Morgan fingerprint density at radius 3 is 2.76 bits per heavy atom. The van der Waals surface area contributed by atoms with Crippen LogP contribution in [0.5, 0.6) is 11.5 Å². The standard InChI is InChI=1S/C16H12BrCl3N2O3/c1-2-25-13-6-12(19)14(20)10(15(13)23)7-21-22-16(24)9-5-8(18)3-4-11(9)17/h3-7,23H,2H2,1H3,(H,22,24). The van der Waals surface area contributed by atoms with Crippen LogP contribution >= 0.6 is 50.7 Å². The Hall–Kier alpha value is -1.47. The zero-order valence-corrected chi connectivity index (χ0v) is 16.7. The summed E-state index contributed by atoms with van der Waals surface area (Å²) in [7, 11) is 0. The maximum Gasteiger partial charge on any atom is 0.272 e. The number of nitrogens with one attached hydrogen (secondary N) is 1. The molecular weight excluding hydrogens is 454 g/mol. The van der Waals surface area contributed by atoms with E-state index >= 15 is 0 Å². The van der Waals surface area contributed by atoms with Crippen LogP contribution in [-0.4, -0.2) is 23.8 Å². The van der Waals surface area contributed by atoms with Gasteiger partial charge < -0.3 is 9.84 Å². The summed E-state index contributed by atoms with van der Waals surface area (Å²) in [5, 5.41) is 14.7. The van der Waals surface area contributed by atoms with Crippen molar-refractivity contribution in [2.75, 3.05) is 6.61 Å². The minimum absolute atomic E-state index is 0.0876. The summed E-state index contributed by atoms with van der Waals surface area (Å²) >= 11 is 21.2. The van der Waals surface area contributed by atoms with Gasteiger partial charge in [-0.2, -0.15) is 5.10 Å². The van der Waals surface area contributed by atoms with E-state index in [2.05, 4.69) is 26.5 Å². The van der Waals surface area contributed by atoms with Crippen molar-refractivity contribution in [2.24, 2.45) is 5.10 Å². The van der Waals surface area contributed by atoms with Crippen LogP contribution in [-0.2, 0) is 0 Å². The molecule has 0 atom stereocenters. The molecule has 9 heteroatoms. The number of rotatable bonds is 5. The van der Waals surface area contributed by atoms with Gasteiger partial charge in [0.25, 0.3) is 5.91 Å². The molecule has 2 N–H and O–H groups in total. The third-order valence-corrected chi connectivity index (χ3v) is 4.75. The maximum atomic E-state index is 12.2. The van der Waals surface area contributed by atoms with Crippen molar-refractivity contribution >= 4 is 62.9 Å². The van der Waals surface area contributed by atoms with Crippen LogP contribution in [0, 0.1) is 0 Å². The minimum Gasteiger partial charge on any atom is -0.504 e. The van der Waals surface area contributed by atoms with Gasteiger partial charge in [0.05, 0.1) is 34.0 Å². The first kappa shape index (κ1) is 19.8.